The van der Waals surface area contributed by atoms with Gasteiger partial charge in [-0.3, -0.25) is 4.90 Å². The van der Waals surface area contributed by atoms with Gasteiger partial charge in [-0.1, -0.05) is 6.07 Å². The second kappa shape index (κ2) is 9.70. The van der Waals surface area contributed by atoms with Crippen molar-refractivity contribution >= 4 is 22.5 Å². The van der Waals surface area contributed by atoms with Crippen LogP contribution in [0.25, 0.3) is 27.7 Å². The molecule has 2 aliphatic rings. The Balaban J connectivity index is 1.32. The summed E-state index contributed by atoms with van der Waals surface area (Å²) in [6.45, 7) is 2.22. The molecular formula is C25H27F4N7O2. The third kappa shape index (κ3) is 4.33. The number of halogens is 4. The topological polar surface area (TPSA) is 81.7 Å². The van der Waals surface area contributed by atoms with E-state index in [-0.39, 0.29) is 42.7 Å². The fourth-order valence-corrected chi connectivity index (χ4v) is 5.16. The number of fused-ring (bicyclic) bond motifs is 2. The minimum Gasteiger partial charge on any atom is -0.479 e. The number of ether oxygens (including phenoxy) is 2. The standard InChI is InChI=1S/C25H27F4N7O2/c1-13-30-19-4-3-14(7-20(19)35(13)10-21(28)29)22-17(27)9-36-23(22)24(37-2)32-25(33-36)31-18-5-6-34(8-16(18)26)15-11-38-12-15/h3-4,7,9,15-16,18,21H,5-6,8,10-12H2,1-2H3,(H,31,33)/t16-,18+/m0/s1/i15D. The number of benzene rings is 1. The van der Waals surface area contributed by atoms with Crippen molar-refractivity contribution in [2.45, 2.75) is 44.5 Å². The number of nitrogens with one attached hydrogen (secondary N) is 1. The molecule has 0 radical (unpaired) electrons. The maximum absolute atomic E-state index is 15.4. The number of hydrogen-bond donors (Lipinski definition) is 1. The lowest BCUT2D eigenvalue weighted by molar-refractivity contribution is -0.0794. The Bertz CT molecular complexity index is 1540. The predicted molar refractivity (Wildman–Crippen MR) is 132 cm³/mol. The van der Waals surface area contributed by atoms with Gasteiger partial charge < -0.3 is 19.4 Å². The molecule has 3 aromatic heterocycles. The van der Waals surface area contributed by atoms with Crippen molar-refractivity contribution < 1.29 is 28.4 Å². The van der Waals surface area contributed by atoms with E-state index < -0.39 is 37.0 Å². The van der Waals surface area contributed by atoms with Crippen LogP contribution < -0.4 is 10.1 Å². The van der Waals surface area contributed by atoms with E-state index in [0.717, 1.165) is 0 Å². The van der Waals surface area contributed by atoms with Gasteiger partial charge in [0.2, 0.25) is 11.8 Å². The summed E-state index contributed by atoms with van der Waals surface area (Å²) in [5.74, 6) is -0.0583. The summed E-state index contributed by atoms with van der Waals surface area (Å²) in [5.41, 5.74) is 1.77. The molecule has 6 rings (SSSR count). The molecule has 38 heavy (non-hydrogen) atoms. The summed E-state index contributed by atoms with van der Waals surface area (Å²) in [5, 5.41) is 7.36. The van der Waals surface area contributed by atoms with Gasteiger partial charge in [-0.25, -0.2) is 27.1 Å². The number of nitrogens with zero attached hydrogens (tertiary/aromatic N) is 6. The third-order valence-corrected chi connectivity index (χ3v) is 7.14. The molecule has 0 saturated carbocycles. The molecule has 2 aliphatic heterocycles. The van der Waals surface area contributed by atoms with Crippen molar-refractivity contribution in [2.75, 3.05) is 38.7 Å². The number of anilines is 1. The van der Waals surface area contributed by atoms with Gasteiger partial charge >= 0.3 is 0 Å². The second-order valence-corrected chi connectivity index (χ2v) is 9.51. The van der Waals surface area contributed by atoms with Crippen molar-refractivity contribution in [3.8, 4) is 17.0 Å². The van der Waals surface area contributed by atoms with E-state index in [0.29, 0.717) is 35.4 Å². The molecule has 2 saturated heterocycles. The molecule has 0 bridgehead atoms. The molecule has 0 unspecified atom stereocenters. The molecule has 13 heteroatoms. The zero-order chi connectivity index (χ0) is 27.5. The first-order valence-corrected chi connectivity index (χ1v) is 12.3. The van der Waals surface area contributed by atoms with Gasteiger partial charge in [0.15, 0.2) is 5.82 Å². The Morgan fingerprint density at radius 2 is 2.11 bits per heavy atom. The van der Waals surface area contributed by atoms with Crippen LogP contribution in [0.5, 0.6) is 5.88 Å². The SMILES string of the molecule is [2H]C1(N2CC[C@@H](Nc3nc(OC)c4c(-c5ccc6nc(C)n(CC(F)F)c6c5)c(F)cn4n3)[C@@H](F)C2)COC1. The Morgan fingerprint density at radius 1 is 1.29 bits per heavy atom. The van der Waals surface area contributed by atoms with Crippen LogP contribution in [-0.4, -0.2) is 87.1 Å². The fourth-order valence-electron chi connectivity index (χ4n) is 5.16. The van der Waals surface area contributed by atoms with Gasteiger partial charge in [0.25, 0.3) is 6.43 Å². The Labute approximate surface area is 216 Å². The van der Waals surface area contributed by atoms with E-state index in [1.165, 1.54) is 22.4 Å². The van der Waals surface area contributed by atoms with E-state index in [1.54, 1.807) is 30.0 Å². The number of rotatable bonds is 7. The summed E-state index contributed by atoms with van der Waals surface area (Å²) >= 11 is 0. The monoisotopic (exact) mass is 534 g/mol. The maximum atomic E-state index is 15.4. The Hall–Kier alpha value is -3.45. The highest BCUT2D eigenvalue weighted by Gasteiger charge is 2.36. The highest BCUT2D eigenvalue weighted by Crippen LogP contribution is 2.36. The average molecular weight is 535 g/mol. The zero-order valence-electron chi connectivity index (χ0n) is 21.8. The largest absolute Gasteiger partial charge is 0.479 e. The predicted octanol–water partition coefficient (Wildman–Crippen LogP) is 3.69. The molecule has 202 valence electrons. The highest BCUT2D eigenvalue weighted by molar-refractivity contribution is 5.90. The first-order chi connectivity index (χ1) is 18.7. The lowest BCUT2D eigenvalue weighted by Crippen LogP contribution is -2.57. The van der Waals surface area contributed by atoms with Crippen LogP contribution in [-0.2, 0) is 11.3 Å². The van der Waals surface area contributed by atoms with Gasteiger partial charge in [0, 0.05) is 13.1 Å². The third-order valence-electron chi connectivity index (χ3n) is 7.14. The van der Waals surface area contributed by atoms with Gasteiger partial charge in [-0.2, -0.15) is 4.98 Å². The van der Waals surface area contributed by atoms with Crippen molar-refractivity contribution in [2.24, 2.45) is 0 Å². The number of hydrogen-bond acceptors (Lipinski definition) is 7. The van der Waals surface area contributed by atoms with Gasteiger partial charge in [0.05, 0.1) is 63.1 Å². The van der Waals surface area contributed by atoms with Gasteiger partial charge in [-0.15, -0.1) is 5.10 Å². The first kappa shape index (κ1) is 23.7. The maximum Gasteiger partial charge on any atom is 0.256 e. The molecule has 5 heterocycles. The van der Waals surface area contributed by atoms with Crippen LogP contribution in [0, 0.1) is 12.7 Å². The highest BCUT2D eigenvalue weighted by atomic mass is 19.3. The van der Waals surface area contributed by atoms with Crippen LogP contribution >= 0.6 is 0 Å². The number of imidazole rings is 1. The molecule has 0 spiro atoms. The summed E-state index contributed by atoms with van der Waals surface area (Å²) in [6, 6.07) is 3.42. The van der Waals surface area contributed by atoms with Crippen LogP contribution in [0.15, 0.2) is 24.4 Å². The van der Waals surface area contributed by atoms with E-state index in [4.69, 9.17) is 10.8 Å². The van der Waals surface area contributed by atoms with Crippen LogP contribution in [0.2, 0.25) is 0 Å². The first-order valence-electron chi connectivity index (χ1n) is 12.8. The minimum absolute atomic E-state index is 0.0633. The summed E-state index contributed by atoms with van der Waals surface area (Å²) in [7, 11) is 1.38. The molecule has 4 aromatic rings. The summed E-state index contributed by atoms with van der Waals surface area (Å²) in [4.78, 5) is 10.5. The van der Waals surface area contributed by atoms with Crippen LogP contribution in [0.1, 0.15) is 13.6 Å². The molecule has 2 atom stereocenters. The van der Waals surface area contributed by atoms with E-state index in [9.17, 15) is 8.78 Å². The second-order valence-electron chi connectivity index (χ2n) is 9.51. The minimum atomic E-state index is -2.58. The molecule has 9 nitrogen and oxygen atoms in total. The number of aromatic nitrogens is 5. The zero-order valence-corrected chi connectivity index (χ0v) is 20.8. The van der Waals surface area contributed by atoms with E-state index in [2.05, 4.69) is 20.4 Å². The van der Waals surface area contributed by atoms with Crippen molar-refractivity contribution in [3.05, 3.63) is 36.0 Å². The van der Waals surface area contributed by atoms with Crippen molar-refractivity contribution in [1.82, 2.24) is 29.0 Å². The fraction of sp³-hybridized carbons (Fsp3) is 0.480. The lowest BCUT2D eigenvalue weighted by Gasteiger charge is -2.42. The summed E-state index contributed by atoms with van der Waals surface area (Å²) < 4.78 is 78.4. The molecule has 1 N–H and O–H groups in total. The normalized spacial score (nSPS) is 22.1. The summed E-state index contributed by atoms with van der Waals surface area (Å²) in [6.07, 6.45) is -2.27. The Morgan fingerprint density at radius 3 is 2.79 bits per heavy atom. The van der Waals surface area contributed by atoms with E-state index in [1.807, 2.05) is 0 Å². The number of methoxy groups -OCH3 is 1. The lowest BCUT2D eigenvalue weighted by atomic mass is 10.0. The number of alkyl halides is 3. The average Bonchev–Trinajstić information content (AvgIpc) is 3.37. The smallest absolute Gasteiger partial charge is 0.256 e. The quantitative estimate of drug-likeness (QED) is 0.362. The Kier molecular flexibility index (Phi) is 6.03. The van der Waals surface area contributed by atoms with E-state index >= 15 is 8.78 Å². The molecular weight excluding hydrogens is 506 g/mol. The number of piperidine rings is 1. The molecule has 0 aliphatic carbocycles. The molecule has 0 amide bonds. The number of aryl methyl sites for hydroxylation is 1. The number of likely N-dealkylation sites (tertiary alicyclic amines) is 1. The van der Waals surface area contributed by atoms with Gasteiger partial charge in [0.1, 0.15) is 17.5 Å². The van der Waals surface area contributed by atoms with Gasteiger partial charge in [-0.05, 0) is 31.0 Å². The molecule has 1 aromatic carbocycles. The van der Waals surface area contributed by atoms with Crippen LogP contribution in [0.3, 0.4) is 0 Å². The van der Waals surface area contributed by atoms with Crippen molar-refractivity contribution in [1.29, 1.82) is 0 Å². The van der Waals surface area contributed by atoms with Crippen LogP contribution in [0.4, 0.5) is 23.5 Å². The van der Waals surface area contributed by atoms with Crippen molar-refractivity contribution in [3.63, 3.8) is 0 Å². The molecule has 2 fully saturated rings.